The summed E-state index contributed by atoms with van der Waals surface area (Å²) in [5.74, 6) is 0. The standard InChI is InChI=1S/C26H24/c1-2-3-4-5-6-7-8-9-10-11-18-23-26(24-19-14-12-15-20-24)25-21-16-13-17-22-25/h2-23H,1H2/b4-3+,6-5+,8-7+,10-9+,18-11+. The van der Waals surface area contributed by atoms with Gasteiger partial charge in [0, 0.05) is 0 Å². The summed E-state index contributed by atoms with van der Waals surface area (Å²) < 4.78 is 0. The van der Waals surface area contributed by atoms with Gasteiger partial charge in [-0.3, -0.25) is 0 Å². The van der Waals surface area contributed by atoms with Crippen LogP contribution >= 0.6 is 0 Å². The molecule has 0 atom stereocenters. The fourth-order valence-corrected chi connectivity index (χ4v) is 2.34. The summed E-state index contributed by atoms with van der Waals surface area (Å²) in [7, 11) is 0. The quantitative estimate of drug-likeness (QED) is 0.452. The van der Waals surface area contributed by atoms with Crippen LogP contribution in [-0.2, 0) is 0 Å². The molecule has 0 spiro atoms. The van der Waals surface area contributed by atoms with Gasteiger partial charge in [-0.25, -0.2) is 0 Å². The van der Waals surface area contributed by atoms with Gasteiger partial charge in [-0.05, 0) is 16.7 Å². The van der Waals surface area contributed by atoms with E-state index in [4.69, 9.17) is 0 Å². The van der Waals surface area contributed by atoms with E-state index in [1.54, 1.807) is 6.08 Å². The van der Waals surface area contributed by atoms with Crippen LogP contribution in [0.4, 0.5) is 0 Å². The fourth-order valence-electron chi connectivity index (χ4n) is 2.34. The SMILES string of the molecule is C=C/C=C/C=C/C=C/C=C/C=C/C=C(c1ccccc1)c1ccccc1. The Bertz CT molecular complexity index is 785. The van der Waals surface area contributed by atoms with Gasteiger partial charge < -0.3 is 0 Å². The Balaban J connectivity index is 2.04. The Morgan fingerprint density at radius 3 is 1.31 bits per heavy atom. The molecular formula is C26H24. The van der Waals surface area contributed by atoms with E-state index in [1.165, 1.54) is 16.7 Å². The number of benzene rings is 2. The molecule has 2 rings (SSSR count). The highest BCUT2D eigenvalue weighted by molar-refractivity contribution is 5.80. The van der Waals surface area contributed by atoms with Crippen LogP contribution in [0.2, 0.25) is 0 Å². The van der Waals surface area contributed by atoms with Crippen LogP contribution in [0.15, 0.2) is 140 Å². The summed E-state index contributed by atoms with van der Waals surface area (Å²) in [4.78, 5) is 0. The molecule has 0 heterocycles. The van der Waals surface area contributed by atoms with Crippen molar-refractivity contribution in [3.63, 3.8) is 0 Å². The molecule has 0 aliphatic carbocycles. The molecule has 0 fully saturated rings. The maximum Gasteiger partial charge on any atom is -0.0111 e. The Morgan fingerprint density at radius 2 is 0.885 bits per heavy atom. The lowest BCUT2D eigenvalue weighted by Gasteiger charge is -2.07. The van der Waals surface area contributed by atoms with Crippen molar-refractivity contribution < 1.29 is 0 Å². The van der Waals surface area contributed by atoms with Gasteiger partial charge in [0.15, 0.2) is 0 Å². The summed E-state index contributed by atoms with van der Waals surface area (Å²) in [6.45, 7) is 3.63. The molecule has 0 saturated heterocycles. The molecule has 0 saturated carbocycles. The molecular weight excluding hydrogens is 312 g/mol. The lowest BCUT2D eigenvalue weighted by atomic mass is 9.97. The minimum Gasteiger partial charge on any atom is -0.0991 e. The number of allylic oxidation sites excluding steroid dienone is 12. The molecule has 0 bridgehead atoms. The van der Waals surface area contributed by atoms with Gasteiger partial charge in [0.2, 0.25) is 0 Å². The van der Waals surface area contributed by atoms with E-state index in [-0.39, 0.29) is 0 Å². The molecule has 2 aromatic carbocycles. The van der Waals surface area contributed by atoms with Gasteiger partial charge in [-0.1, -0.05) is 140 Å². The van der Waals surface area contributed by atoms with Crippen molar-refractivity contribution in [1.82, 2.24) is 0 Å². The largest absolute Gasteiger partial charge is 0.0991 e. The van der Waals surface area contributed by atoms with E-state index in [0.29, 0.717) is 0 Å². The van der Waals surface area contributed by atoms with Crippen LogP contribution in [0.1, 0.15) is 11.1 Å². The first kappa shape index (κ1) is 19.0. The summed E-state index contributed by atoms with van der Waals surface area (Å²) in [6, 6.07) is 20.9. The highest BCUT2D eigenvalue weighted by atomic mass is 14.1. The molecule has 2 aromatic rings. The predicted octanol–water partition coefficient (Wildman–Crippen LogP) is 7.09. The average molecular weight is 336 g/mol. The second-order valence-electron chi connectivity index (χ2n) is 5.47. The van der Waals surface area contributed by atoms with Gasteiger partial charge in [0.25, 0.3) is 0 Å². The molecule has 0 aliphatic rings. The van der Waals surface area contributed by atoms with Crippen LogP contribution in [-0.4, -0.2) is 0 Å². The third-order valence-corrected chi connectivity index (χ3v) is 3.57. The minimum absolute atomic E-state index is 1.21. The van der Waals surface area contributed by atoms with E-state index >= 15 is 0 Å². The van der Waals surface area contributed by atoms with E-state index in [2.05, 4.69) is 67.3 Å². The van der Waals surface area contributed by atoms with Crippen LogP contribution in [0.3, 0.4) is 0 Å². The van der Waals surface area contributed by atoms with Crippen LogP contribution in [0.5, 0.6) is 0 Å². The highest BCUT2D eigenvalue weighted by Gasteiger charge is 2.02. The first-order chi connectivity index (χ1) is 12.9. The Hall–Kier alpha value is -3.38. The third kappa shape index (κ3) is 7.02. The van der Waals surface area contributed by atoms with Gasteiger partial charge in [-0.15, -0.1) is 0 Å². The molecule has 26 heavy (non-hydrogen) atoms. The van der Waals surface area contributed by atoms with E-state index in [9.17, 15) is 0 Å². The average Bonchev–Trinajstić information content (AvgIpc) is 2.70. The lowest BCUT2D eigenvalue weighted by Crippen LogP contribution is -1.86. The number of hydrogen-bond acceptors (Lipinski definition) is 0. The number of hydrogen-bond donors (Lipinski definition) is 0. The first-order valence-electron chi connectivity index (χ1n) is 8.68. The Morgan fingerprint density at radius 1 is 0.500 bits per heavy atom. The minimum atomic E-state index is 1.21. The summed E-state index contributed by atoms with van der Waals surface area (Å²) >= 11 is 0. The maximum atomic E-state index is 3.63. The van der Waals surface area contributed by atoms with E-state index in [1.807, 2.05) is 66.8 Å². The van der Waals surface area contributed by atoms with Crippen molar-refractivity contribution in [1.29, 1.82) is 0 Å². The van der Waals surface area contributed by atoms with Gasteiger partial charge in [0.05, 0.1) is 0 Å². The van der Waals surface area contributed by atoms with E-state index < -0.39 is 0 Å². The normalized spacial score (nSPS) is 12.0. The zero-order valence-corrected chi connectivity index (χ0v) is 14.9. The summed E-state index contributed by atoms with van der Waals surface area (Å²) in [5.41, 5.74) is 3.64. The monoisotopic (exact) mass is 336 g/mol. The van der Waals surface area contributed by atoms with Crippen molar-refractivity contribution in [2.75, 3.05) is 0 Å². The molecule has 0 aromatic heterocycles. The maximum absolute atomic E-state index is 3.63. The topological polar surface area (TPSA) is 0 Å². The first-order valence-corrected chi connectivity index (χ1v) is 8.68. The van der Waals surface area contributed by atoms with Crippen LogP contribution < -0.4 is 0 Å². The highest BCUT2D eigenvalue weighted by Crippen LogP contribution is 2.23. The molecule has 0 unspecified atom stereocenters. The molecule has 0 radical (unpaired) electrons. The van der Waals surface area contributed by atoms with E-state index in [0.717, 1.165) is 0 Å². The zero-order valence-electron chi connectivity index (χ0n) is 14.9. The van der Waals surface area contributed by atoms with Crippen molar-refractivity contribution in [2.45, 2.75) is 0 Å². The predicted molar refractivity (Wildman–Crippen MR) is 116 cm³/mol. The Kier molecular flexibility index (Phi) is 8.78. The molecule has 0 amide bonds. The second kappa shape index (κ2) is 12.0. The molecule has 0 N–H and O–H groups in total. The molecule has 128 valence electrons. The molecule has 0 aliphatic heterocycles. The van der Waals surface area contributed by atoms with Crippen molar-refractivity contribution in [2.24, 2.45) is 0 Å². The zero-order chi connectivity index (χ0) is 18.3. The van der Waals surface area contributed by atoms with Crippen LogP contribution in [0.25, 0.3) is 5.57 Å². The van der Waals surface area contributed by atoms with Crippen molar-refractivity contribution >= 4 is 5.57 Å². The molecule has 0 heteroatoms. The lowest BCUT2D eigenvalue weighted by molar-refractivity contribution is 1.55. The second-order valence-corrected chi connectivity index (χ2v) is 5.47. The Labute approximate surface area is 157 Å². The fraction of sp³-hybridized carbons (Fsp3) is 0. The van der Waals surface area contributed by atoms with Gasteiger partial charge >= 0.3 is 0 Å². The van der Waals surface area contributed by atoms with Crippen molar-refractivity contribution in [3.8, 4) is 0 Å². The van der Waals surface area contributed by atoms with Gasteiger partial charge in [-0.2, -0.15) is 0 Å². The van der Waals surface area contributed by atoms with Crippen LogP contribution in [0, 0.1) is 0 Å². The summed E-state index contributed by atoms with van der Waals surface area (Å²) in [5, 5.41) is 0. The third-order valence-electron chi connectivity index (χ3n) is 3.57. The van der Waals surface area contributed by atoms with Crippen molar-refractivity contribution in [3.05, 3.63) is 151 Å². The molecule has 0 nitrogen and oxygen atoms in total. The smallest absolute Gasteiger partial charge is 0.0111 e. The van der Waals surface area contributed by atoms with Gasteiger partial charge in [0.1, 0.15) is 0 Å². The summed E-state index contributed by atoms with van der Waals surface area (Å²) in [6.07, 6.45) is 23.8. The number of rotatable bonds is 8.